The van der Waals surface area contributed by atoms with Crippen molar-refractivity contribution in [3.63, 3.8) is 0 Å². The number of rotatable bonds is 6. The molecule has 5 rings (SSSR count). The van der Waals surface area contributed by atoms with Gasteiger partial charge in [-0.2, -0.15) is 5.10 Å². The zero-order chi connectivity index (χ0) is 20.3. The van der Waals surface area contributed by atoms with Crippen molar-refractivity contribution in [2.24, 2.45) is 5.92 Å². The van der Waals surface area contributed by atoms with Gasteiger partial charge in [-0.3, -0.25) is 9.89 Å². The third-order valence-electron chi connectivity index (χ3n) is 7.96. The molecule has 1 unspecified atom stereocenters. The number of aromatic nitrogens is 2. The molecule has 0 spiro atoms. The Bertz CT molecular complexity index is 713. The Kier molecular flexibility index (Phi) is 6.42. The van der Waals surface area contributed by atoms with E-state index in [0.29, 0.717) is 11.6 Å². The summed E-state index contributed by atoms with van der Waals surface area (Å²) in [6.45, 7) is 4.83. The number of nitrogens with zero attached hydrogens (tertiary/aromatic N) is 3. The molecule has 2 aliphatic carbocycles. The Hall–Kier alpha value is -1.40. The number of hydrogen-bond acceptors (Lipinski definition) is 4. The van der Waals surface area contributed by atoms with Gasteiger partial charge < -0.3 is 14.5 Å². The topological polar surface area (TPSA) is 61.5 Å². The number of piperidine rings is 1. The molecule has 166 valence electrons. The van der Waals surface area contributed by atoms with E-state index in [1.165, 1.54) is 69.3 Å². The molecule has 30 heavy (non-hydrogen) atoms. The van der Waals surface area contributed by atoms with Gasteiger partial charge in [0.2, 0.25) is 0 Å². The second kappa shape index (κ2) is 9.39. The monoisotopic (exact) mass is 414 g/mol. The highest BCUT2D eigenvalue weighted by Gasteiger charge is 2.32. The van der Waals surface area contributed by atoms with Crippen LogP contribution in [-0.2, 0) is 17.6 Å². The van der Waals surface area contributed by atoms with Gasteiger partial charge in [0.05, 0.1) is 6.10 Å². The van der Waals surface area contributed by atoms with Gasteiger partial charge in [0.25, 0.3) is 5.91 Å². The lowest BCUT2D eigenvalue weighted by Gasteiger charge is -2.38. The number of H-pyrrole nitrogens is 1. The lowest BCUT2D eigenvalue weighted by molar-refractivity contribution is 0.0424. The molecule has 6 nitrogen and oxygen atoms in total. The summed E-state index contributed by atoms with van der Waals surface area (Å²) < 4.78 is 5.91. The minimum absolute atomic E-state index is 0.128. The SMILES string of the molecule is O=C(c1n[nH]c2c1CCCC2)N(CC1CCN(C2CCCC2)CC1)CC1CCCO1. The van der Waals surface area contributed by atoms with Crippen LogP contribution < -0.4 is 0 Å². The van der Waals surface area contributed by atoms with Crippen LogP contribution in [0.15, 0.2) is 0 Å². The summed E-state index contributed by atoms with van der Waals surface area (Å²) >= 11 is 0. The van der Waals surface area contributed by atoms with E-state index in [2.05, 4.69) is 20.0 Å². The van der Waals surface area contributed by atoms with Crippen LogP contribution in [0.25, 0.3) is 0 Å². The summed E-state index contributed by atoms with van der Waals surface area (Å²) in [5.74, 6) is 0.728. The van der Waals surface area contributed by atoms with Crippen LogP contribution in [0.5, 0.6) is 0 Å². The Morgan fingerprint density at radius 1 is 1.00 bits per heavy atom. The van der Waals surface area contributed by atoms with Crippen LogP contribution in [0.1, 0.15) is 86.0 Å². The van der Waals surface area contributed by atoms with Gasteiger partial charge in [-0.05, 0) is 83.2 Å². The van der Waals surface area contributed by atoms with Crippen molar-refractivity contribution in [1.82, 2.24) is 20.0 Å². The molecule has 3 fully saturated rings. The summed E-state index contributed by atoms with van der Waals surface area (Å²) in [6, 6.07) is 0.825. The first-order valence-electron chi connectivity index (χ1n) is 12.5. The average molecular weight is 415 g/mol. The smallest absolute Gasteiger partial charge is 0.274 e. The third kappa shape index (κ3) is 4.45. The van der Waals surface area contributed by atoms with Crippen LogP contribution >= 0.6 is 0 Å². The second-order valence-corrected chi connectivity index (χ2v) is 10.00. The van der Waals surface area contributed by atoms with Crippen molar-refractivity contribution >= 4 is 5.91 Å². The van der Waals surface area contributed by atoms with E-state index in [-0.39, 0.29) is 12.0 Å². The molecule has 1 saturated carbocycles. The molecule has 0 bridgehead atoms. The molecule has 1 N–H and O–H groups in total. The highest BCUT2D eigenvalue weighted by Crippen LogP contribution is 2.29. The number of fused-ring (bicyclic) bond motifs is 1. The molecule has 3 heterocycles. The van der Waals surface area contributed by atoms with Crippen molar-refractivity contribution in [2.45, 2.75) is 89.2 Å². The van der Waals surface area contributed by atoms with E-state index in [1.54, 1.807) is 0 Å². The molecule has 0 radical (unpaired) electrons. The third-order valence-corrected chi connectivity index (χ3v) is 7.96. The first kappa shape index (κ1) is 20.5. The number of likely N-dealkylation sites (tertiary alicyclic amines) is 1. The van der Waals surface area contributed by atoms with Crippen LogP contribution in [0, 0.1) is 5.92 Å². The number of nitrogens with one attached hydrogen (secondary N) is 1. The highest BCUT2D eigenvalue weighted by atomic mass is 16.5. The molecule has 1 atom stereocenters. The standard InChI is InChI=1S/C24H38N4O2/c29-24(23-21-9-3-4-10-22(21)25-26-23)28(17-20-8-5-15-30-20)16-18-11-13-27(14-12-18)19-6-1-2-7-19/h18-20H,1-17H2,(H,25,26). The van der Waals surface area contributed by atoms with Gasteiger partial charge in [0.1, 0.15) is 0 Å². The number of carbonyl (C=O) groups excluding carboxylic acids is 1. The zero-order valence-corrected chi connectivity index (χ0v) is 18.4. The predicted molar refractivity (Wildman–Crippen MR) is 117 cm³/mol. The lowest BCUT2D eigenvalue weighted by Crippen LogP contribution is -2.45. The minimum atomic E-state index is 0.128. The number of aryl methyl sites for hydroxylation is 1. The quantitative estimate of drug-likeness (QED) is 0.773. The minimum Gasteiger partial charge on any atom is -0.376 e. The molecule has 6 heteroatoms. The van der Waals surface area contributed by atoms with Crippen LogP contribution in [-0.4, -0.2) is 70.8 Å². The van der Waals surface area contributed by atoms with Crippen molar-refractivity contribution in [3.8, 4) is 0 Å². The summed E-state index contributed by atoms with van der Waals surface area (Å²) in [7, 11) is 0. The average Bonchev–Trinajstić information content (AvgIpc) is 3.55. The van der Waals surface area contributed by atoms with Crippen LogP contribution in [0.2, 0.25) is 0 Å². The molecule has 1 amide bonds. The van der Waals surface area contributed by atoms with E-state index in [0.717, 1.165) is 57.8 Å². The van der Waals surface area contributed by atoms with E-state index < -0.39 is 0 Å². The van der Waals surface area contributed by atoms with Gasteiger partial charge in [-0.1, -0.05) is 12.8 Å². The molecule has 1 aromatic rings. The predicted octanol–water partition coefficient (Wildman–Crippen LogP) is 3.56. The summed E-state index contributed by atoms with van der Waals surface area (Å²) in [6.07, 6.45) is 14.8. The highest BCUT2D eigenvalue weighted by molar-refractivity contribution is 5.94. The molecular formula is C24H38N4O2. The van der Waals surface area contributed by atoms with Gasteiger partial charge in [-0.25, -0.2) is 0 Å². The normalized spacial score (nSPS) is 26.2. The fourth-order valence-electron chi connectivity index (χ4n) is 6.16. The van der Waals surface area contributed by atoms with Crippen molar-refractivity contribution < 1.29 is 9.53 Å². The Morgan fingerprint density at radius 2 is 1.80 bits per heavy atom. The fraction of sp³-hybridized carbons (Fsp3) is 0.833. The Labute approximate surface area is 180 Å². The maximum absolute atomic E-state index is 13.6. The fourth-order valence-corrected chi connectivity index (χ4v) is 6.16. The second-order valence-electron chi connectivity index (χ2n) is 10.00. The van der Waals surface area contributed by atoms with Crippen molar-refractivity contribution in [1.29, 1.82) is 0 Å². The van der Waals surface area contributed by atoms with E-state index in [9.17, 15) is 4.79 Å². The van der Waals surface area contributed by atoms with Gasteiger partial charge >= 0.3 is 0 Å². The van der Waals surface area contributed by atoms with Crippen LogP contribution in [0.4, 0.5) is 0 Å². The molecule has 0 aromatic carbocycles. The van der Waals surface area contributed by atoms with Gasteiger partial charge in [0.15, 0.2) is 5.69 Å². The van der Waals surface area contributed by atoms with E-state index in [1.807, 2.05) is 0 Å². The number of ether oxygens (including phenoxy) is 1. The van der Waals surface area contributed by atoms with Gasteiger partial charge in [0, 0.05) is 37.0 Å². The lowest BCUT2D eigenvalue weighted by atomic mass is 9.93. The number of carbonyl (C=O) groups is 1. The molecule has 2 saturated heterocycles. The Balaban J connectivity index is 1.25. The maximum Gasteiger partial charge on any atom is 0.274 e. The number of hydrogen-bond donors (Lipinski definition) is 1. The van der Waals surface area contributed by atoms with E-state index in [4.69, 9.17) is 4.74 Å². The number of aromatic amines is 1. The first-order chi connectivity index (χ1) is 14.8. The molecule has 2 aliphatic heterocycles. The molecule has 4 aliphatic rings. The largest absolute Gasteiger partial charge is 0.376 e. The van der Waals surface area contributed by atoms with Gasteiger partial charge in [-0.15, -0.1) is 0 Å². The van der Waals surface area contributed by atoms with Crippen LogP contribution in [0.3, 0.4) is 0 Å². The maximum atomic E-state index is 13.6. The zero-order valence-electron chi connectivity index (χ0n) is 18.4. The number of amides is 1. The summed E-state index contributed by atoms with van der Waals surface area (Å²) in [4.78, 5) is 18.4. The van der Waals surface area contributed by atoms with Crippen molar-refractivity contribution in [3.05, 3.63) is 17.0 Å². The summed E-state index contributed by atoms with van der Waals surface area (Å²) in [5.41, 5.74) is 3.05. The summed E-state index contributed by atoms with van der Waals surface area (Å²) in [5, 5.41) is 7.65. The van der Waals surface area contributed by atoms with Crippen molar-refractivity contribution in [2.75, 3.05) is 32.8 Å². The Morgan fingerprint density at radius 3 is 2.57 bits per heavy atom. The molecular weight excluding hydrogens is 376 g/mol. The molecule has 1 aromatic heterocycles. The van der Waals surface area contributed by atoms with E-state index >= 15 is 0 Å². The first-order valence-corrected chi connectivity index (χ1v) is 12.5.